The topological polar surface area (TPSA) is 137 Å². The summed E-state index contributed by atoms with van der Waals surface area (Å²) in [6, 6.07) is 5.08. The number of halogens is 2. The number of fused-ring (bicyclic) bond motifs is 3. The Morgan fingerprint density at radius 2 is 1.92 bits per heavy atom. The second-order valence-electron chi connectivity index (χ2n) is 13.0. The Kier molecular flexibility index (Phi) is 8.10. The third kappa shape index (κ3) is 5.76. The molecule has 1 saturated heterocycles. The minimum atomic E-state index is -0.725. The second kappa shape index (κ2) is 12.2. The highest BCUT2D eigenvalue weighted by Gasteiger charge is 2.64. The molecule has 2 fully saturated rings. The SMILES string of the molecule is CC(=O)c1cn(CC(=O)N2[C@H](C(=O)Nc3nc(Br)cnc3COCCF)C[C@@]3(C)C[C@@H]23)c2c(C)cc(-c3cnc4cc(C)nn4c3)cc12. The molecule has 1 N–H and O–H groups in total. The summed E-state index contributed by atoms with van der Waals surface area (Å²) in [5.41, 5.74) is 5.71. The first-order valence-electron chi connectivity index (χ1n) is 15.7. The van der Waals surface area contributed by atoms with E-state index in [1.807, 2.05) is 42.8 Å². The quantitative estimate of drug-likeness (QED) is 0.153. The number of alkyl halides is 1. The summed E-state index contributed by atoms with van der Waals surface area (Å²) in [6.07, 6.45) is 8.22. The van der Waals surface area contributed by atoms with Crippen molar-refractivity contribution in [3.63, 3.8) is 0 Å². The summed E-state index contributed by atoms with van der Waals surface area (Å²) >= 11 is 3.29. The number of rotatable bonds is 10. The van der Waals surface area contributed by atoms with Gasteiger partial charge in [0.15, 0.2) is 17.2 Å². The molecule has 5 aromatic rings. The van der Waals surface area contributed by atoms with Crippen LogP contribution in [0.2, 0.25) is 0 Å². The van der Waals surface area contributed by atoms with Crippen LogP contribution in [-0.2, 0) is 27.5 Å². The summed E-state index contributed by atoms with van der Waals surface area (Å²) < 4.78 is 21.9. The third-order valence-electron chi connectivity index (χ3n) is 9.36. The van der Waals surface area contributed by atoms with Crippen LogP contribution in [0.25, 0.3) is 27.7 Å². The van der Waals surface area contributed by atoms with Crippen LogP contribution < -0.4 is 5.32 Å². The van der Waals surface area contributed by atoms with Crippen molar-refractivity contribution in [1.29, 1.82) is 0 Å². The van der Waals surface area contributed by atoms with Gasteiger partial charge >= 0.3 is 0 Å². The van der Waals surface area contributed by atoms with Gasteiger partial charge < -0.3 is 19.5 Å². The van der Waals surface area contributed by atoms with E-state index in [2.05, 4.69) is 48.2 Å². The minimum absolute atomic E-state index is 0.0260. The van der Waals surface area contributed by atoms with Gasteiger partial charge in [-0.15, -0.1) is 0 Å². The number of aryl methyl sites for hydroxylation is 2. The summed E-state index contributed by atoms with van der Waals surface area (Å²) in [7, 11) is 0. The van der Waals surface area contributed by atoms with Gasteiger partial charge in [-0.05, 0) is 78.2 Å². The number of piperidine rings is 1. The lowest BCUT2D eigenvalue weighted by Crippen LogP contribution is -2.46. The van der Waals surface area contributed by atoms with Crippen LogP contribution in [0.5, 0.6) is 0 Å². The molecular formula is C34H34BrFN8O4. The van der Waals surface area contributed by atoms with E-state index in [0.717, 1.165) is 45.4 Å². The molecule has 1 aromatic carbocycles. The highest BCUT2D eigenvalue weighted by molar-refractivity contribution is 9.10. The Bertz CT molecular complexity index is 2130. The van der Waals surface area contributed by atoms with E-state index < -0.39 is 12.7 Å². The summed E-state index contributed by atoms with van der Waals surface area (Å²) in [5.74, 6) is -0.519. The number of hydrogen-bond acceptors (Lipinski definition) is 8. The summed E-state index contributed by atoms with van der Waals surface area (Å²) in [4.78, 5) is 55.6. The zero-order valence-corrected chi connectivity index (χ0v) is 28.5. The number of likely N-dealkylation sites (tertiary alicyclic amines) is 1. The predicted molar refractivity (Wildman–Crippen MR) is 179 cm³/mol. The van der Waals surface area contributed by atoms with Crippen LogP contribution in [0.4, 0.5) is 10.2 Å². The van der Waals surface area contributed by atoms with Gasteiger partial charge in [0.2, 0.25) is 11.8 Å². The average Bonchev–Trinajstić information content (AvgIpc) is 3.30. The maximum atomic E-state index is 14.1. The van der Waals surface area contributed by atoms with Crippen LogP contribution in [0.1, 0.15) is 54.0 Å². The highest BCUT2D eigenvalue weighted by Crippen LogP contribution is 2.59. The van der Waals surface area contributed by atoms with E-state index in [-0.39, 0.29) is 54.6 Å². The molecule has 1 aliphatic carbocycles. The Hall–Kier alpha value is -4.56. The number of benzene rings is 1. The molecule has 0 spiro atoms. The van der Waals surface area contributed by atoms with Crippen molar-refractivity contribution in [2.45, 2.75) is 65.8 Å². The smallest absolute Gasteiger partial charge is 0.248 e. The van der Waals surface area contributed by atoms with Gasteiger partial charge in [0.1, 0.15) is 29.6 Å². The normalized spacial score (nSPS) is 20.0. The van der Waals surface area contributed by atoms with Crippen molar-refractivity contribution in [2.75, 3.05) is 18.6 Å². The lowest BCUT2D eigenvalue weighted by Gasteiger charge is -2.27. The summed E-state index contributed by atoms with van der Waals surface area (Å²) in [6.45, 7) is 6.65. The van der Waals surface area contributed by atoms with Crippen molar-refractivity contribution < 1.29 is 23.5 Å². The fraction of sp³-hybridized carbons (Fsp3) is 0.382. The first-order chi connectivity index (χ1) is 23.0. The molecule has 12 nitrogen and oxygen atoms in total. The fourth-order valence-electron chi connectivity index (χ4n) is 6.98. The number of ether oxygens (including phenoxy) is 1. The molecule has 4 aromatic heterocycles. The Morgan fingerprint density at radius 3 is 2.69 bits per heavy atom. The Labute approximate surface area is 283 Å². The maximum Gasteiger partial charge on any atom is 0.248 e. The van der Waals surface area contributed by atoms with Crippen LogP contribution in [0.15, 0.2) is 47.6 Å². The molecule has 2 amide bonds. The number of aromatic nitrogens is 6. The number of hydrogen-bond donors (Lipinski definition) is 1. The Morgan fingerprint density at radius 1 is 1.10 bits per heavy atom. The van der Waals surface area contributed by atoms with E-state index in [4.69, 9.17) is 4.74 Å². The first kappa shape index (κ1) is 32.0. The lowest BCUT2D eigenvalue weighted by molar-refractivity contribution is -0.138. The maximum absolute atomic E-state index is 14.1. The standard InChI is InChI=1S/C34H34BrFN8O4/c1-18-7-21(22-12-38-29-8-19(2)41-43(29)14-22)9-23-24(20(3)45)15-42(31(18)23)16-30(46)44-26(10-34(4)11-27(34)44)33(47)40-32-25(17-48-6-5-36)37-13-28(35)39-32/h7-9,12-15,26-27H,5-6,10-11,16-17H2,1-4H3,(H,39,40,47)/t26-,27+,34-/m0/s1. The van der Waals surface area contributed by atoms with Gasteiger partial charge in [-0.2, -0.15) is 5.10 Å². The van der Waals surface area contributed by atoms with Gasteiger partial charge in [0.05, 0.1) is 30.6 Å². The fourth-order valence-corrected chi connectivity index (χ4v) is 7.26. The number of anilines is 1. The van der Waals surface area contributed by atoms with Gasteiger partial charge in [0, 0.05) is 47.2 Å². The third-order valence-corrected chi connectivity index (χ3v) is 9.75. The zero-order valence-electron chi connectivity index (χ0n) is 27.0. The molecule has 7 rings (SSSR count). The van der Waals surface area contributed by atoms with E-state index in [1.165, 1.54) is 13.1 Å². The number of Topliss-reactive ketones (excluding diaryl/α,β-unsaturated/α-hetero) is 1. The molecule has 248 valence electrons. The lowest BCUT2D eigenvalue weighted by atomic mass is 10.0. The van der Waals surface area contributed by atoms with Crippen molar-refractivity contribution in [3.8, 4) is 11.1 Å². The molecule has 0 unspecified atom stereocenters. The van der Waals surface area contributed by atoms with Gasteiger partial charge in [0.25, 0.3) is 0 Å². The minimum Gasteiger partial charge on any atom is -0.372 e. The van der Waals surface area contributed by atoms with E-state index in [1.54, 1.807) is 21.8 Å². The molecule has 2 aliphatic rings. The number of carbonyl (C=O) groups excluding carboxylic acids is 3. The number of carbonyl (C=O) groups is 3. The molecule has 0 radical (unpaired) electrons. The van der Waals surface area contributed by atoms with Crippen LogP contribution in [-0.4, -0.2) is 77.0 Å². The van der Waals surface area contributed by atoms with Crippen molar-refractivity contribution in [2.24, 2.45) is 5.41 Å². The molecule has 48 heavy (non-hydrogen) atoms. The number of nitrogens with one attached hydrogen (secondary N) is 1. The average molecular weight is 718 g/mol. The van der Waals surface area contributed by atoms with Crippen molar-refractivity contribution in [1.82, 2.24) is 34.0 Å². The molecular weight excluding hydrogens is 683 g/mol. The molecule has 0 bridgehead atoms. The van der Waals surface area contributed by atoms with E-state index >= 15 is 0 Å². The van der Waals surface area contributed by atoms with Crippen molar-refractivity contribution in [3.05, 3.63) is 70.1 Å². The second-order valence-corrected chi connectivity index (χ2v) is 13.8. The zero-order chi connectivity index (χ0) is 33.9. The molecule has 3 atom stereocenters. The number of amides is 2. The monoisotopic (exact) mass is 716 g/mol. The number of ketones is 1. The van der Waals surface area contributed by atoms with E-state index in [0.29, 0.717) is 22.3 Å². The molecule has 1 saturated carbocycles. The molecule has 14 heteroatoms. The number of nitrogens with zero attached hydrogens (tertiary/aromatic N) is 7. The predicted octanol–water partition coefficient (Wildman–Crippen LogP) is 5.23. The van der Waals surface area contributed by atoms with Crippen LogP contribution in [0.3, 0.4) is 0 Å². The highest BCUT2D eigenvalue weighted by atomic mass is 79.9. The molecule has 1 aliphatic heterocycles. The molecule has 5 heterocycles. The summed E-state index contributed by atoms with van der Waals surface area (Å²) in [5, 5.41) is 8.07. The van der Waals surface area contributed by atoms with Gasteiger partial charge in [-0.3, -0.25) is 19.4 Å². The Balaban J connectivity index is 1.17. The van der Waals surface area contributed by atoms with Crippen LogP contribution in [0, 0.1) is 19.3 Å². The first-order valence-corrected chi connectivity index (χ1v) is 16.5. The van der Waals surface area contributed by atoms with Gasteiger partial charge in [-0.25, -0.2) is 18.9 Å². The van der Waals surface area contributed by atoms with Crippen molar-refractivity contribution >= 4 is 55.9 Å². The van der Waals surface area contributed by atoms with Gasteiger partial charge in [-0.1, -0.05) is 6.92 Å². The van der Waals surface area contributed by atoms with E-state index in [9.17, 15) is 18.8 Å². The van der Waals surface area contributed by atoms with Crippen LogP contribution >= 0.6 is 15.9 Å². The largest absolute Gasteiger partial charge is 0.372 e.